The molecular formula is C8H10Br2O2S2. The highest BCUT2D eigenvalue weighted by Crippen LogP contribution is 2.38. The minimum absolute atomic E-state index is 0.146. The van der Waals surface area contributed by atoms with Gasteiger partial charge in [0.05, 0.1) is 10.1 Å². The zero-order chi connectivity index (χ0) is 10.9. The van der Waals surface area contributed by atoms with Crippen molar-refractivity contribution >= 4 is 53.0 Å². The van der Waals surface area contributed by atoms with Crippen LogP contribution in [0.4, 0.5) is 0 Å². The van der Waals surface area contributed by atoms with Crippen LogP contribution in [0.5, 0.6) is 0 Å². The molecule has 0 aliphatic rings. The van der Waals surface area contributed by atoms with E-state index in [1.807, 2.05) is 11.4 Å². The van der Waals surface area contributed by atoms with E-state index in [0.717, 1.165) is 9.35 Å². The van der Waals surface area contributed by atoms with Crippen molar-refractivity contribution in [1.29, 1.82) is 0 Å². The molecule has 0 fully saturated rings. The molecule has 0 bridgehead atoms. The fourth-order valence-corrected chi connectivity index (χ4v) is 5.34. The average molecular weight is 362 g/mol. The summed E-state index contributed by atoms with van der Waals surface area (Å²) in [5.74, 6) is 0. The Bertz CT molecular complexity index is 411. The molecular weight excluding hydrogens is 352 g/mol. The van der Waals surface area contributed by atoms with Gasteiger partial charge in [0.25, 0.3) is 0 Å². The van der Waals surface area contributed by atoms with Gasteiger partial charge in [-0.15, -0.1) is 11.3 Å². The summed E-state index contributed by atoms with van der Waals surface area (Å²) in [6.07, 6.45) is 1.26. The van der Waals surface area contributed by atoms with Crippen LogP contribution in [0, 0.1) is 0 Å². The molecule has 1 heterocycles. The molecule has 0 aliphatic heterocycles. The Balaban J connectivity index is 2.97. The van der Waals surface area contributed by atoms with Gasteiger partial charge in [0, 0.05) is 15.6 Å². The maximum atomic E-state index is 11.3. The molecule has 0 saturated carbocycles. The van der Waals surface area contributed by atoms with Crippen LogP contribution in [-0.4, -0.2) is 19.9 Å². The first kappa shape index (κ1) is 12.7. The number of alkyl halides is 1. The number of rotatable bonds is 3. The second-order valence-corrected chi connectivity index (χ2v) is 8.26. The lowest BCUT2D eigenvalue weighted by Gasteiger charge is -2.15. The smallest absolute Gasteiger partial charge is 0.151 e. The lowest BCUT2D eigenvalue weighted by molar-refractivity contribution is 0.588. The first-order valence-electron chi connectivity index (χ1n) is 3.90. The van der Waals surface area contributed by atoms with Crippen LogP contribution in [0.2, 0.25) is 0 Å². The second-order valence-electron chi connectivity index (χ2n) is 3.07. The van der Waals surface area contributed by atoms with Gasteiger partial charge in [-0.05, 0) is 34.3 Å². The van der Waals surface area contributed by atoms with E-state index in [0.29, 0.717) is 0 Å². The van der Waals surface area contributed by atoms with Crippen LogP contribution in [0.15, 0.2) is 15.9 Å². The van der Waals surface area contributed by atoms with Gasteiger partial charge in [0.2, 0.25) is 0 Å². The van der Waals surface area contributed by atoms with Gasteiger partial charge < -0.3 is 0 Å². The Morgan fingerprint density at radius 2 is 2.07 bits per heavy atom. The van der Waals surface area contributed by atoms with Crippen LogP contribution < -0.4 is 0 Å². The van der Waals surface area contributed by atoms with Crippen molar-refractivity contribution in [2.24, 2.45) is 0 Å². The van der Waals surface area contributed by atoms with E-state index in [1.54, 1.807) is 18.3 Å². The minimum Gasteiger partial charge on any atom is -0.229 e. The van der Waals surface area contributed by atoms with Crippen molar-refractivity contribution in [2.75, 3.05) is 6.26 Å². The number of thiophene rings is 1. The van der Waals surface area contributed by atoms with E-state index in [9.17, 15) is 8.42 Å². The van der Waals surface area contributed by atoms with Gasteiger partial charge in [-0.3, -0.25) is 0 Å². The van der Waals surface area contributed by atoms with E-state index >= 15 is 0 Å². The number of halogens is 2. The van der Waals surface area contributed by atoms with Crippen LogP contribution >= 0.6 is 43.2 Å². The van der Waals surface area contributed by atoms with Crippen molar-refractivity contribution < 1.29 is 8.42 Å². The van der Waals surface area contributed by atoms with Crippen LogP contribution in [-0.2, 0) is 9.84 Å². The van der Waals surface area contributed by atoms with E-state index in [1.165, 1.54) is 6.26 Å². The first-order chi connectivity index (χ1) is 6.34. The lowest BCUT2D eigenvalue weighted by Crippen LogP contribution is -2.20. The predicted octanol–water partition coefficient (Wildman–Crippen LogP) is 3.38. The summed E-state index contributed by atoms with van der Waals surface area (Å²) >= 11 is 8.35. The third kappa shape index (κ3) is 2.81. The Kier molecular flexibility index (Phi) is 4.20. The van der Waals surface area contributed by atoms with Crippen LogP contribution in [0.3, 0.4) is 0 Å². The molecule has 0 N–H and O–H groups in total. The van der Waals surface area contributed by atoms with Gasteiger partial charge in [-0.25, -0.2) is 8.42 Å². The summed E-state index contributed by atoms with van der Waals surface area (Å²) in [6.45, 7) is 1.71. The quantitative estimate of drug-likeness (QED) is 0.773. The van der Waals surface area contributed by atoms with Gasteiger partial charge in [-0.2, -0.15) is 0 Å². The first-order valence-corrected chi connectivity index (χ1v) is 8.44. The molecule has 1 aromatic rings. The average Bonchev–Trinajstić information content (AvgIpc) is 2.47. The molecule has 0 spiro atoms. The predicted molar refractivity (Wildman–Crippen MR) is 68.0 cm³/mol. The molecule has 2 atom stereocenters. The summed E-state index contributed by atoms with van der Waals surface area (Å²) in [7, 11) is -3.01. The Morgan fingerprint density at radius 1 is 1.50 bits per heavy atom. The van der Waals surface area contributed by atoms with E-state index in [4.69, 9.17) is 0 Å². The third-order valence-corrected chi connectivity index (χ3v) is 7.46. The summed E-state index contributed by atoms with van der Waals surface area (Å²) in [4.78, 5) is 0.870. The highest BCUT2D eigenvalue weighted by Gasteiger charge is 2.27. The van der Waals surface area contributed by atoms with Crippen LogP contribution in [0.1, 0.15) is 16.6 Å². The maximum Gasteiger partial charge on any atom is 0.151 e. The zero-order valence-corrected chi connectivity index (χ0v) is 12.5. The van der Waals surface area contributed by atoms with Gasteiger partial charge in [0.15, 0.2) is 9.84 Å². The Hall–Kier alpha value is 0.610. The molecule has 1 rings (SSSR count). The monoisotopic (exact) mass is 360 g/mol. The van der Waals surface area contributed by atoms with Crippen molar-refractivity contribution in [3.63, 3.8) is 0 Å². The van der Waals surface area contributed by atoms with Crippen molar-refractivity contribution in [3.05, 3.63) is 20.8 Å². The highest BCUT2D eigenvalue weighted by molar-refractivity contribution is 9.11. The number of hydrogen-bond acceptors (Lipinski definition) is 3. The Labute approximate surface area is 105 Å². The molecule has 0 saturated heterocycles. The normalized spacial score (nSPS) is 16.6. The summed E-state index contributed by atoms with van der Waals surface area (Å²) in [6, 6.07) is 1.92. The van der Waals surface area contributed by atoms with Gasteiger partial charge in [0.1, 0.15) is 0 Å². The Morgan fingerprint density at radius 3 is 2.43 bits per heavy atom. The highest BCUT2D eigenvalue weighted by atomic mass is 79.9. The molecule has 2 nitrogen and oxygen atoms in total. The standard InChI is InChI=1S/C8H10Br2O2S2/c1-5(14(2,11)12)7(10)8-6(9)3-4-13-8/h3-5,7H,1-2H3. The molecule has 6 heteroatoms. The third-order valence-electron chi connectivity index (χ3n) is 1.98. The molecule has 0 radical (unpaired) electrons. The van der Waals surface area contributed by atoms with Crippen molar-refractivity contribution in [2.45, 2.75) is 17.0 Å². The van der Waals surface area contributed by atoms with E-state index in [2.05, 4.69) is 31.9 Å². The number of sulfone groups is 1. The van der Waals surface area contributed by atoms with E-state index < -0.39 is 15.1 Å². The molecule has 0 aromatic carbocycles. The summed E-state index contributed by atoms with van der Waals surface area (Å²) in [5, 5.41) is 1.51. The lowest BCUT2D eigenvalue weighted by atomic mass is 10.3. The molecule has 0 amide bonds. The fourth-order valence-electron chi connectivity index (χ4n) is 0.932. The molecule has 14 heavy (non-hydrogen) atoms. The second kappa shape index (κ2) is 4.63. The molecule has 0 aliphatic carbocycles. The summed E-state index contributed by atoms with van der Waals surface area (Å²) in [5.41, 5.74) is 0. The minimum atomic E-state index is -3.01. The van der Waals surface area contributed by atoms with Crippen molar-refractivity contribution in [1.82, 2.24) is 0 Å². The molecule has 1 aromatic heterocycles. The van der Waals surface area contributed by atoms with Crippen LogP contribution in [0.25, 0.3) is 0 Å². The maximum absolute atomic E-state index is 11.3. The summed E-state index contributed by atoms with van der Waals surface area (Å²) < 4.78 is 23.6. The van der Waals surface area contributed by atoms with Gasteiger partial charge in [-0.1, -0.05) is 15.9 Å². The fraction of sp³-hybridized carbons (Fsp3) is 0.500. The number of hydrogen-bond donors (Lipinski definition) is 0. The SMILES string of the molecule is CC(C(Br)c1sccc1Br)S(C)(=O)=O. The molecule has 80 valence electrons. The van der Waals surface area contributed by atoms with Crippen molar-refractivity contribution in [3.8, 4) is 0 Å². The van der Waals surface area contributed by atoms with E-state index in [-0.39, 0.29) is 4.83 Å². The molecule has 2 unspecified atom stereocenters. The largest absolute Gasteiger partial charge is 0.229 e. The zero-order valence-electron chi connectivity index (χ0n) is 7.70. The van der Waals surface area contributed by atoms with Gasteiger partial charge >= 0.3 is 0 Å². The topological polar surface area (TPSA) is 34.1 Å².